The summed E-state index contributed by atoms with van der Waals surface area (Å²) in [7, 11) is 0. The van der Waals surface area contributed by atoms with E-state index in [0.29, 0.717) is 40.4 Å². The van der Waals surface area contributed by atoms with Crippen LogP contribution in [0.25, 0.3) is 0 Å². The zero-order valence-electron chi connectivity index (χ0n) is 19.8. The third kappa shape index (κ3) is 5.91. The molecule has 2 aliphatic rings. The summed E-state index contributed by atoms with van der Waals surface area (Å²) in [6.45, 7) is 2.27. The lowest BCUT2D eigenvalue weighted by molar-refractivity contribution is -0.154. The van der Waals surface area contributed by atoms with Gasteiger partial charge in [0.15, 0.2) is 6.61 Å². The minimum absolute atomic E-state index is 0.0917. The molecule has 1 saturated carbocycles. The molecule has 10 heteroatoms. The summed E-state index contributed by atoms with van der Waals surface area (Å²) in [6, 6.07) is 2.91. The Hall–Kier alpha value is -3.17. The van der Waals surface area contributed by atoms with E-state index in [-0.39, 0.29) is 24.2 Å². The highest BCUT2D eigenvalue weighted by Crippen LogP contribution is 2.35. The zero-order valence-corrected chi connectivity index (χ0v) is 19.8. The van der Waals surface area contributed by atoms with E-state index in [2.05, 4.69) is 15.3 Å². The molecule has 2 amide bonds. The summed E-state index contributed by atoms with van der Waals surface area (Å²) in [6.07, 6.45) is 4.59. The van der Waals surface area contributed by atoms with Crippen LogP contribution in [-0.2, 0) is 11.3 Å². The molecule has 1 aliphatic carbocycles. The van der Waals surface area contributed by atoms with Gasteiger partial charge in [0, 0.05) is 35.5 Å². The summed E-state index contributed by atoms with van der Waals surface area (Å²) in [4.78, 5) is 35.8. The average molecular weight is 491 g/mol. The first kappa shape index (κ1) is 24.9. The maximum Gasteiger partial charge on any atom is 0.422 e. The van der Waals surface area contributed by atoms with Crippen LogP contribution in [0.15, 0.2) is 24.5 Å². The number of rotatable bonds is 7. The quantitative estimate of drug-likeness (QED) is 0.566. The van der Waals surface area contributed by atoms with Gasteiger partial charge in [0.05, 0.1) is 12.6 Å². The van der Waals surface area contributed by atoms with Gasteiger partial charge in [-0.1, -0.05) is 19.3 Å². The molecule has 0 radical (unpaired) electrons. The van der Waals surface area contributed by atoms with Crippen molar-refractivity contribution in [2.75, 3.05) is 11.9 Å². The van der Waals surface area contributed by atoms with E-state index in [1.54, 1.807) is 24.0 Å². The van der Waals surface area contributed by atoms with Crippen LogP contribution in [0.4, 0.5) is 19.0 Å². The molecule has 7 nitrogen and oxygen atoms in total. The number of pyridine rings is 2. The third-order valence-electron chi connectivity index (χ3n) is 6.71. The van der Waals surface area contributed by atoms with E-state index in [9.17, 15) is 22.8 Å². The molecule has 1 N–H and O–H groups in total. The fraction of sp³-hybridized carbons (Fsp3) is 0.520. The van der Waals surface area contributed by atoms with Crippen molar-refractivity contribution in [3.8, 4) is 5.88 Å². The van der Waals surface area contributed by atoms with Crippen molar-refractivity contribution in [3.05, 3.63) is 46.8 Å². The molecule has 1 aliphatic heterocycles. The number of carbonyl (C=O) groups excluding carboxylic acids is 2. The molecule has 0 bridgehead atoms. The number of aromatic nitrogens is 2. The largest absolute Gasteiger partial charge is 0.468 e. The molecule has 4 rings (SSSR count). The number of fused-ring (bicyclic) bond motifs is 1. The Labute approximate surface area is 202 Å². The average Bonchev–Trinajstić information content (AvgIpc) is 3.15. The second-order valence-electron chi connectivity index (χ2n) is 9.35. The molecule has 3 heterocycles. The molecule has 2 aromatic rings. The lowest BCUT2D eigenvalue weighted by atomic mass is 9.87. The van der Waals surface area contributed by atoms with Gasteiger partial charge in [0.1, 0.15) is 5.82 Å². The Morgan fingerprint density at radius 2 is 2.00 bits per heavy atom. The van der Waals surface area contributed by atoms with Gasteiger partial charge in [-0.25, -0.2) is 9.97 Å². The topological polar surface area (TPSA) is 84.4 Å². The van der Waals surface area contributed by atoms with Crippen LogP contribution in [-0.4, -0.2) is 39.5 Å². The SMILES string of the molecule is Cc1cc(C(C)N2Cc3c(ccnc3NC(=O)CC3CCCCC3)C2=O)cnc1OCC(F)(F)F. The Kier molecular flexibility index (Phi) is 7.28. The van der Waals surface area contributed by atoms with Crippen LogP contribution in [0.3, 0.4) is 0 Å². The molecule has 35 heavy (non-hydrogen) atoms. The number of hydrogen-bond donors (Lipinski definition) is 1. The van der Waals surface area contributed by atoms with E-state index >= 15 is 0 Å². The fourth-order valence-electron chi connectivity index (χ4n) is 4.80. The lowest BCUT2D eigenvalue weighted by Gasteiger charge is -2.25. The van der Waals surface area contributed by atoms with Gasteiger partial charge in [-0.05, 0) is 50.3 Å². The summed E-state index contributed by atoms with van der Waals surface area (Å²) in [5, 5.41) is 2.90. The van der Waals surface area contributed by atoms with Gasteiger partial charge in [-0.3, -0.25) is 9.59 Å². The second kappa shape index (κ2) is 10.2. The molecule has 188 valence electrons. The van der Waals surface area contributed by atoms with E-state index in [1.807, 2.05) is 6.92 Å². The smallest absolute Gasteiger partial charge is 0.422 e. The number of amides is 2. The summed E-state index contributed by atoms with van der Waals surface area (Å²) >= 11 is 0. The first-order valence-electron chi connectivity index (χ1n) is 11.9. The van der Waals surface area contributed by atoms with Crippen molar-refractivity contribution in [2.24, 2.45) is 5.92 Å². The molecular weight excluding hydrogens is 461 g/mol. The van der Waals surface area contributed by atoms with Gasteiger partial charge in [0.2, 0.25) is 11.8 Å². The van der Waals surface area contributed by atoms with Crippen molar-refractivity contribution in [1.82, 2.24) is 14.9 Å². The highest BCUT2D eigenvalue weighted by molar-refractivity contribution is 6.01. The number of anilines is 1. The van der Waals surface area contributed by atoms with Crippen LogP contribution in [0, 0.1) is 12.8 Å². The van der Waals surface area contributed by atoms with Crippen molar-refractivity contribution < 1.29 is 27.5 Å². The van der Waals surface area contributed by atoms with Crippen LogP contribution in [0.5, 0.6) is 5.88 Å². The number of nitrogens with zero attached hydrogens (tertiary/aromatic N) is 3. The van der Waals surface area contributed by atoms with Crippen molar-refractivity contribution in [2.45, 2.75) is 71.1 Å². The van der Waals surface area contributed by atoms with E-state index < -0.39 is 18.8 Å². The molecule has 1 unspecified atom stereocenters. The minimum atomic E-state index is -4.45. The lowest BCUT2D eigenvalue weighted by Crippen LogP contribution is -2.27. The van der Waals surface area contributed by atoms with Gasteiger partial charge >= 0.3 is 6.18 Å². The molecular formula is C25H29F3N4O3. The van der Waals surface area contributed by atoms with Crippen LogP contribution in [0.1, 0.15) is 78.5 Å². The minimum Gasteiger partial charge on any atom is -0.468 e. The number of aryl methyl sites for hydroxylation is 1. The van der Waals surface area contributed by atoms with Crippen molar-refractivity contribution >= 4 is 17.6 Å². The van der Waals surface area contributed by atoms with Gasteiger partial charge in [0.25, 0.3) is 5.91 Å². The summed E-state index contributed by atoms with van der Waals surface area (Å²) < 4.78 is 42.2. The van der Waals surface area contributed by atoms with Gasteiger partial charge in [-0.2, -0.15) is 13.2 Å². The molecule has 1 atom stereocenters. The molecule has 2 aromatic heterocycles. The normalized spacial score (nSPS) is 17.3. The van der Waals surface area contributed by atoms with Crippen molar-refractivity contribution in [1.29, 1.82) is 0 Å². The van der Waals surface area contributed by atoms with E-state index in [0.717, 1.165) is 25.7 Å². The van der Waals surface area contributed by atoms with Gasteiger partial charge in [-0.15, -0.1) is 0 Å². The number of halogens is 3. The first-order chi connectivity index (χ1) is 16.6. The zero-order chi connectivity index (χ0) is 25.2. The number of nitrogens with one attached hydrogen (secondary N) is 1. The summed E-state index contributed by atoms with van der Waals surface area (Å²) in [5.41, 5.74) is 2.25. The monoisotopic (exact) mass is 490 g/mol. The van der Waals surface area contributed by atoms with E-state index in [1.165, 1.54) is 18.8 Å². The first-order valence-corrected chi connectivity index (χ1v) is 11.9. The maximum absolute atomic E-state index is 13.1. The number of hydrogen-bond acceptors (Lipinski definition) is 5. The number of carbonyl (C=O) groups is 2. The molecule has 0 saturated heterocycles. The van der Waals surface area contributed by atoms with Gasteiger partial charge < -0.3 is 15.0 Å². The van der Waals surface area contributed by atoms with E-state index in [4.69, 9.17) is 4.74 Å². The Morgan fingerprint density at radius 3 is 2.69 bits per heavy atom. The fourth-order valence-corrected chi connectivity index (χ4v) is 4.80. The van der Waals surface area contributed by atoms with Crippen LogP contribution >= 0.6 is 0 Å². The van der Waals surface area contributed by atoms with Crippen LogP contribution in [0.2, 0.25) is 0 Å². The highest BCUT2D eigenvalue weighted by atomic mass is 19.4. The predicted molar refractivity (Wildman–Crippen MR) is 123 cm³/mol. The third-order valence-corrected chi connectivity index (χ3v) is 6.71. The Bertz CT molecular complexity index is 1100. The number of ether oxygens (including phenoxy) is 1. The molecule has 1 fully saturated rings. The summed E-state index contributed by atoms with van der Waals surface area (Å²) in [5.74, 6) is 0.397. The predicted octanol–water partition coefficient (Wildman–Crippen LogP) is 5.35. The van der Waals surface area contributed by atoms with Crippen molar-refractivity contribution in [3.63, 3.8) is 0 Å². The van der Waals surface area contributed by atoms with Crippen LogP contribution < -0.4 is 10.1 Å². The Morgan fingerprint density at radius 1 is 1.26 bits per heavy atom. The standard InChI is InChI=1S/C25H29F3N4O3/c1-15-10-18(12-30-23(15)35-14-25(26,27)28)16(2)32-13-20-19(24(32)34)8-9-29-22(20)31-21(33)11-17-6-4-3-5-7-17/h8-10,12,16-17H,3-7,11,13-14H2,1-2H3,(H,29,31,33). The molecule has 0 aromatic carbocycles. The molecule has 0 spiro atoms. The maximum atomic E-state index is 13.1. The number of alkyl halides is 3. The highest BCUT2D eigenvalue weighted by Gasteiger charge is 2.34. The second-order valence-corrected chi connectivity index (χ2v) is 9.35. The Balaban J connectivity index is 1.45.